The van der Waals surface area contributed by atoms with Crippen molar-refractivity contribution in [3.8, 4) is 0 Å². The van der Waals surface area contributed by atoms with Gasteiger partial charge in [0.25, 0.3) is 11.5 Å². The van der Waals surface area contributed by atoms with E-state index < -0.39 is 0 Å². The number of hydrazine groups is 1. The largest absolute Gasteiger partial charge is 0.297 e. The van der Waals surface area contributed by atoms with Crippen LogP contribution in [0.4, 0.5) is 5.95 Å². The topological polar surface area (TPSA) is 75.4 Å². The van der Waals surface area contributed by atoms with E-state index in [1.807, 2.05) is 12.1 Å². The van der Waals surface area contributed by atoms with E-state index in [0.717, 1.165) is 5.56 Å². The van der Waals surface area contributed by atoms with Crippen LogP contribution in [0.2, 0.25) is 5.02 Å². The van der Waals surface area contributed by atoms with Crippen molar-refractivity contribution in [1.29, 1.82) is 0 Å². The number of anilines is 1. The summed E-state index contributed by atoms with van der Waals surface area (Å²) in [4.78, 5) is 12.1. The fraction of sp³-hybridized carbons (Fsp3) is 0.167. The van der Waals surface area contributed by atoms with Gasteiger partial charge in [0.15, 0.2) is 5.84 Å². The van der Waals surface area contributed by atoms with Crippen molar-refractivity contribution < 1.29 is 0 Å². The minimum absolute atomic E-state index is 0.295. The predicted octanol–water partition coefficient (Wildman–Crippen LogP) is 0.764. The van der Waals surface area contributed by atoms with Gasteiger partial charge in [0.05, 0.1) is 0 Å². The Morgan fingerprint density at radius 2 is 1.90 bits per heavy atom. The van der Waals surface area contributed by atoms with Crippen LogP contribution < -0.4 is 16.0 Å². The van der Waals surface area contributed by atoms with Crippen molar-refractivity contribution in [3.63, 3.8) is 0 Å². The first kappa shape index (κ1) is 12.6. The third-order valence-corrected chi connectivity index (χ3v) is 3.12. The summed E-state index contributed by atoms with van der Waals surface area (Å²) in [5, 5.41) is 14.3. The summed E-state index contributed by atoms with van der Waals surface area (Å²) in [7, 11) is 1.74. The number of aromatic nitrogens is 3. The molecule has 1 aliphatic heterocycles. The zero-order chi connectivity index (χ0) is 14.3. The monoisotopic (exact) mass is 290 g/mol. The predicted molar refractivity (Wildman–Crippen MR) is 76.0 cm³/mol. The van der Waals surface area contributed by atoms with E-state index in [1.165, 1.54) is 4.68 Å². The van der Waals surface area contributed by atoms with Gasteiger partial charge in [-0.1, -0.05) is 11.6 Å². The van der Waals surface area contributed by atoms with Gasteiger partial charge in [-0.15, -0.1) is 15.3 Å². The molecule has 0 radical (unpaired) electrons. The molecular weight excluding hydrogens is 280 g/mol. The van der Waals surface area contributed by atoms with E-state index in [2.05, 4.69) is 20.7 Å². The summed E-state index contributed by atoms with van der Waals surface area (Å²) in [5.74, 6) is 0.865. The summed E-state index contributed by atoms with van der Waals surface area (Å²) >= 11 is 5.86. The minimum Gasteiger partial charge on any atom is -0.277 e. The lowest BCUT2D eigenvalue weighted by atomic mass is 10.2. The number of benzene rings is 1. The van der Waals surface area contributed by atoms with Gasteiger partial charge in [0.2, 0.25) is 0 Å². The van der Waals surface area contributed by atoms with Crippen LogP contribution in [0.3, 0.4) is 0 Å². The fourth-order valence-corrected chi connectivity index (χ4v) is 1.94. The Labute approximate surface area is 119 Å². The highest BCUT2D eigenvalue weighted by molar-refractivity contribution is 6.30. The van der Waals surface area contributed by atoms with Crippen LogP contribution in [0.5, 0.6) is 0 Å². The molecule has 0 unspecified atom stereocenters. The lowest BCUT2D eigenvalue weighted by Gasteiger charge is -2.26. The second-order valence-corrected chi connectivity index (χ2v) is 4.77. The van der Waals surface area contributed by atoms with Crippen molar-refractivity contribution >= 4 is 23.4 Å². The number of amidine groups is 1. The van der Waals surface area contributed by atoms with E-state index in [9.17, 15) is 4.79 Å². The molecule has 0 saturated carbocycles. The van der Waals surface area contributed by atoms with Crippen LogP contribution in [0, 0.1) is 6.92 Å². The van der Waals surface area contributed by atoms with E-state index in [1.54, 1.807) is 31.1 Å². The van der Waals surface area contributed by atoms with Crippen LogP contribution in [0.15, 0.2) is 34.2 Å². The Hall–Kier alpha value is -2.41. The molecule has 1 aliphatic rings. The molecule has 0 bridgehead atoms. The number of aryl methyl sites for hydroxylation is 1. The molecule has 2 heterocycles. The summed E-state index contributed by atoms with van der Waals surface area (Å²) in [5.41, 5.74) is 3.84. The number of rotatable bonds is 1. The molecule has 0 fully saturated rings. The maximum Gasteiger partial charge on any atom is 0.297 e. The SMILES string of the molecule is Cc1nnc2n(c1=O)N=C(c1ccc(Cl)cc1)NN2C. The molecule has 3 rings (SSSR count). The highest BCUT2D eigenvalue weighted by Crippen LogP contribution is 2.13. The Kier molecular flexibility index (Phi) is 2.90. The molecule has 0 atom stereocenters. The Morgan fingerprint density at radius 3 is 2.60 bits per heavy atom. The average molecular weight is 291 g/mol. The molecular formula is C12H11ClN6O. The minimum atomic E-state index is -0.296. The maximum atomic E-state index is 12.1. The molecule has 8 heteroatoms. The molecule has 0 aliphatic carbocycles. The smallest absolute Gasteiger partial charge is 0.277 e. The zero-order valence-corrected chi connectivity index (χ0v) is 11.6. The Morgan fingerprint density at radius 1 is 1.20 bits per heavy atom. The van der Waals surface area contributed by atoms with Gasteiger partial charge in [0.1, 0.15) is 5.69 Å². The van der Waals surface area contributed by atoms with Crippen molar-refractivity contribution in [1.82, 2.24) is 20.3 Å². The summed E-state index contributed by atoms with van der Waals surface area (Å²) in [6.45, 7) is 1.60. The highest BCUT2D eigenvalue weighted by atomic mass is 35.5. The highest BCUT2D eigenvalue weighted by Gasteiger charge is 2.20. The van der Waals surface area contributed by atoms with Gasteiger partial charge in [0, 0.05) is 17.6 Å². The molecule has 0 saturated heterocycles. The molecule has 102 valence electrons. The standard InChI is InChI=1S/C12H11ClN6O/c1-7-11(20)19-12(15-14-7)18(2)16-10(17-19)8-3-5-9(13)6-4-8/h3-6H,1-2H3,(H,16,17). The lowest BCUT2D eigenvalue weighted by Crippen LogP contribution is -2.48. The van der Waals surface area contributed by atoms with E-state index in [-0.39, 0.29) is 5.56 Å². The number of fused-ring (bicyclic) bond motifs is 1. The van der Waals surface area contributed by atoms with Crippen LogP contribution >= 0.6 is 11.6 Å². The number of hydrogen-bond donors (Lipinski definition) is 1. The second-order valence-electron chi connectivity index (χ2n) is 4.33. The first-order chi connectivity index (χ1) is 9.56. The van der Waals surface area contributed by atoms with Gasteiger partial charge in [-0.3, -0.25) is 15.2 Å². The van der Waals surface area contributed by atoms with Crippen LogP contribution in [-0.4, -0.2) is 27.8 Å². The third-order valence-electron chi connectivity index (χ3n) is 2.87. The number of halogens is 1. The van der Waals surface area contributed by atoms with Gasteiger partial charge in [-0.05, 0) is 31.2 Å². The van der Waals surface area contributed by atoms with E-state index in [0.29, 0.717) is 22.5 Å². The summed E-state index contributed by atoms with van der Waals surface area (Å²) < 4.78 is 1.22. The zero-order valence-electron chi connectivity index (χ0n) is 10.8. The maximum absolute atomic E-state index is 12.1. The van der Waals surface area contributed by atoms with Gasteiger partial charge >= 0.3 is 0 Å². The first-order valence-electron chi connectivity index (χ1n) is 5.88. The van der Waals surface area contributed by atoms with Crippen molar-refractivity contribution in [3.05, 3.63) is 50.9 Å². The first-order valence-corrected chi connectivity index (χ1v) is 6.25. The quantitative estimate of drug-likeness (QED) is 0.839. The van der Waals surface area contributed by atoms with E-state index in [4.69, 9.17) is 11.6 Å². The van der Waals surface area contributed by atoms with Crippen LogP contribution in [0.25, 0.3) is 0 Å². The summed E-state index contributed by atoms with van der Waals surface area (Å²) in [6, 6.07) is 7.16. The number of hydrogen-bond acceptors (Lipinski definition) is 6. The normalized spacial score (nSPS) is 13.6. The molecule has 20 heavy (non-hydrogen) atoms. The van der Waals surface area contributed by atoms with Gasteiger partial charge in [-0.2, -0.15) is 4.68 Å². The molecule has 0 spiro atoms. The number of nitrogens with zero attached hydrogens (tertiary/aromatic N) is 5. The molecule has 1 aromatic heterocycles. The summed E-state index contributed by atoms with van der Waals surface area (Å²) in [6.07, 6.45) is 0. The molecule has 7 nitrogen and oxygen atoms in total. The van der Waals surface area contributed by atoms with Gasteiger partial charge < -0.3 is 0 Å². The molecule has 1 aromatic carbocycles. The van der Waals surface area contributed by atoms with Gasteiger partial charge in [-0.25, -0.2) is 0 Å². The van der Waals surface area contributed by atoms with Crippen molar-refractivity contribution in [2.24, 2.45) is 5.10 Å². The third kappa shape index (κ3) is 2.01. The lowest BCUT2D eigenvalue weighted by molar-refractivity contribution is 0.649. The fourth-order valence-electron chi connectivity index (χ4n) is 1.81. The Bertz CT molecular complexity index is 752. The molecule has 0 amide bonds. The van der Waals surface area contributed by atoms with E-state index >= 15 is 0 Å². The van der Waals surface area contributed by atoms with Crippen LogP contribution in [0.1, 0.15) is 11.3 Å². The van der Waals surface area contributed by atoms with Crippen LogP contribution in [-0.2, 0) is 0 Å². The van der Waals surface area contributed by atoms with Crippen molar-refractivity contribution in [2.45, 2.75) is 6.92 Å². The number of nitrogens with one attached hydrogen (secondary N) is 1. The van der Waals surface area contributed by atoms with Crippen molar-refractivity contribution in [2.75, 3.05) is 12.1 Å². The Balaban J connectivity index is 2.15. The molecule has 1 N–H and O–H groups in total. The average Bonchev–Trinajstić information content (AvgIpc) is 2.44. The second kappa shape index (κ2) is 4.61. The molecule has 2 aromatic rings.